The third-order valence-electron chi connectivity index (χ3n) is 4.96. The van der Waals surface area contributed by atoms with Crippen LogP contribution in [0.25, 0.3) is 0 Å². The van der Waals surface area contributed by atoms with Gasteiger partial charge in [0.1, 0.15) is 0 Å². The Morgan fingerprint density at radius 1 is 1.31 bits per heavy atom. The maximum Gasteiger partial charge on any atom is 0.269 e. The SMILES string of the molecule is CC1Cc2ccsc2C(C)N1CCCNC(=O)c1ccc([N+](=O)[O-])cc1. The molecule has 0 bridgehead atoms. The molecular weight excluding hydrogens is 350 g/mol. The van der Waals surface area contributed by atoms with Gasteiger partial charge in [0.05, 0.1) is 4.92 Å². The van der Waals surface area contributed by atoms with Gasteiger partial charge in [0.25, 0.3) is 11.6 Å². The highest BCUT2D eigenvalue weighted by Crippen LogP contribution is 2.36. The highest BCUT2D eigenvalue weighted by molar-refractivity contribution is 7.10. The topological polar surface area (TPSA) is 75.5 Å². The number of amides is 1. The van der Waals surface area contributed by atoms with Crippen molar-refractivity contribution >= 4 is 22.9 Å². The van der Waals surface area contributed by atoms with Gasteiger partial charge in [-0.15, -0.1) is 11.3 Å². The van der Waals surface area contributed by atoms with E-state index in [9.17, 15) is 14.9 Å². The molecular formula is C19H23N3O3S. The molecule has 0 saturated carbocycles. The van der Waals surface area contributed by atoms with Gasteiger partial charge in [0, 0.05) is 47.7 Å². The van der Waals surface area contributed by atoms with Crippen molar-refractivity contribution in [1.82, 2.24) is 10.2 Å². The van der Waals surface area contributed by atoms with Gasteiger partial charge in [0.15, 0.2) is 0 Å². The second-order valence-corrected chi connectivity index (χ2v) is 7.64. The van der Waals surface area contributed by atoms with E-state index >= 15 is 0 Å². The first kappa shape index (κ1) is 18.5. The number of nitro groups is 1. The van der Waals surface area contributed by atoms with Gasteiger partial charge in [-0.1, -0.05) is 0 Å². The number of benzene rings is 1. The Labute approximate surface area is 157 Å². The molecule has 138 valence electrons. The Kier molecular flexibility index (Phi) is 5.68. The average Bonchev–Trinajstić information content (AvgIpc) is 3.09. The lowest BCUT2D eigenvalue weighted by Crippen LogP contribution is -2.41. The predicted molar refractivity (Wildman–Crippen MR) is 103 cm³/mol. The predicted octanol–water partition coefficient (Wildman–Crippen LogP) is 3.78. The standard InChI is InChI=1S/C19H23N3O3S/c1-13-12-16-8-11-26-18(16)14(2)21(13)10-3-9-20-19(23)15-4-6-17(7-5-15)22(24)25/h4-8,11,13-14H,3,9-10,12H2,1-2H3,(H,20,23). The maximum absolute atomic E-state index is 12.1. The first-order chi connectivity index (χ1) is 12.5. The number of thiophene rings is 1. The molecule has 7 heteroatoms. The van der Waals surface area contributed by atoms with Crippen molar-refractivity contribution in [3.63, 3.8) is 0 Å². The van der Waals surface area contributed by atoms with E-state index in [0.29, 0.717) is 24.2 Å². The van der Waals surface area contributed by atoms with Gasteiger partial charge in [-0.05, 0) is 55.8 Å². The fourth-order valence-electron chi connectivity index (χ4n) is 3.56. The first-order valence-electron chi connectivity index (χ1n) is 8.82. The minimum Gasteiger partial charge on any atom is -0.352 e. The molecule has 1 aliphatic heterocycles. The molecule has 0 aliphatic carbocycles. The summed E-state index contributed by atoms with van der Waals surface area (Å²) in [7, 11) is 0. The van der Waals surface area contributed by atoms with Crippen molar-refractivity contribution in [2.45, 2.75) is 38.8 Å². The fourth-order valence-corrected chi connectivity index (χ4v) is 4.58. The van der Waals surface area contributed by atoms with E-state index in [1.807, 2.05) is 11.3 Å². The number of hydrogen-bond donors (Lipinski definition) is 1. The van der Waals surface area contributed by atoms with Crippen molar-refractivity contribution in [2.75, 3.05) is 13.1 Å². The van der Waals surface area contributed by atoms with E-state index in [0.717, 1.165) is 19.4 Å². The van der Waals surface area contributed by atoms with Crippen molar-refractivity contribution in [3.8, 4) is 0 Å². The number of carbonyl (C=O) groups excluding carboxylic acids is 1. The van der Waals surface area contributed by atoms with Crippen molar-refractivity contribution in [2.24, 2.45) is 0 Å². The summed E-state index contributed by atoms with van der Waals surface area (Å²) in [5.41, 5.74) is 1.90. The summed E-state index contributed by atoms with van der Waals surface area (Å²) in [5, 5.41) is 15.7. The van der Waals surface area contributed by atoms with E-state index in [2.05, 4.69) is 35.5 Å². The number of nitrogens with zero attached hydrogens (tertiary/aromatic N) is 2. The molecule has 6 nitrogen and oxygen atoms in total. The first-order valence-corrected chi connectivity index (χ1v) is 9.70. The molecule has 0 spiro atoms. The van der Waals surface area contributed by atoms with Crippen LogP contribution in [0.2, 0.25) is 0 Å². The molecule has 2 heterocycles. The Bertz CT molecular complexity index is 788. The molecule has 1 amide bonds. The minimum atomic E-state index is -0.471. The molecule has 0 radical (unpaired) electrons. The fraction of sp³-hybridized carbons (Fsp3) is 0.421. The summed E-state index contributed by atoms with van der Waals surface area (Å²) in [5.74, 6) is -0.194. The zero-order valence-corrected chi connectivity index (χ0v) is 15.8. The van der Waals surface area contributed by atoms with Crippen LogP contribution in [0.4, 0.5) is 5.69 Å². The van der Waals surface area contributed by atoms with Gasteiger partial charge in [-0.2, -0.15) is 0 Å². The number of nitrogens with one attached hydrogen (secondary N) is 1. The molecule has 1 aliphatic rings. The van der Waals surface area contributed by atoms with Crippen LogP contribution in [0, 0.1) is 10.1 Å². The smallest absolute Gasteiger partial charge is 0.269 e. The van der Waals surface area contributed by atoms with E-state index in [1.54, 1.807) is 0 Å². The van der Waals surface area contributed by atoms with Crippen molar-refractivity contribution < 1.29 is 9.72 Å². The molecule has 2 unspecified atom stereocenters. The largest absolute Gasteiger partial charge is 0.352 e. The molecule has 26 heavy (non-hydrogen) atoms. The lowest BCUT2D eigenvalue weighted by molar-refractivity contribution is -0.384. The molecule has 0 saturated heterocycles. The number of non-ortho nitro benzene ring substituents is 1. The Morgan fingerprint density at radius 2 is 2.04 bits per heavy atom. The lowest BCUT2D eigenvalue weighted by atomic mass is 9.96. The van der Waals surface area contributed by atoms with Gasteiger partial charge >= 0.3 is 0 Å². The zero-order valence-electron chi connectivity index (χ0n) is 15.0. The molecule has 1 N–H and O–H groups in total. The number of rotatable bonds is 6. The van der Waals surface area contributed by atoms with Crippen LogP contribution in [-0.4, -0.2) is 34.9 Å². The molecule has 1 aromatic carbocycles. The minimum absolute atomic E-state index is 0.0115. The summed E-state index contributed by atoms with van der Waals surface area (Å²) in [6.07, 6.45) is 1.95. The Balaban J connectivity index is 1.48. The second-order valence-electron chi connectivity index (χ2n) is 6.69. The van der Waals surface area contributed by atoms with Crippen LogP contribution < -0.4 is 5.32 Å². The molecule has 3 rings (SSSR count). The van der Waals surface area contributed by atoms with Crippen molar-refractivity contribution in [3.05, 3.63) is 61.8 Å². The quantitative estimate of drug-likeness (QED) is 0.475. The second kappa shape index (κ2) is 7.97. The van der Waals surface area contributed by atoms with E-state index in [-0.39, 0.29) is 11.6 Å². The number of fused-ring (bicyclic) bond motifs is 1. The molecule has 1 aromatic heterocycles. The highest BCUT2D eigenvalue weighted by atomic mass is 32.1. The number of carbonyl (C=O) groups is 1. The summed E-state index contributed by atoms with van der Waals surface area (Å²) < 4.78 is 0. The Hall–Kier alpha value is -2.25. The molecule has 0 fully saturated rings. The van der Waals surface area contributed by atoms with Crippen LogP contribution in [-0.2, 0) is 6.42 Å². The van der Waals surface area contributed by atoms with Crippen LogP contribution in [0.5, 0.6) is 0 Å². The summed E-state index contributed by atoms with van der Waals surface area (Å²) in [4.78, 5) is 26.3. The summed E-state index contributed by atoms with van der Waals surface area (Å²) in [6.45, 7) is 6.02. The van der Waals surface area contributed by atoms with E-state index in [1.165, 1.54) is 34.7 Å². The van der Waals surface area contributed by atoms with Crippen LogP contribution in [0.1, 0.15) is 47.1 Å². The molecule has 2 aromatic rings. The normalized spacial score (nSPS) is 19.8. The van der Waals surface area contributed by atoms with E-state index in [4.69, 9.17) is 0 Å². The van der Waals surface area contributed by atoms with Crippen molar-refractivity contribution in [1.29, 1.82) is 0 Å². The van der Waals surface area contributed by atoms with Gasteiger partial charge in [-0.25, -0.2) is 0 Å². The zero-order chi connectivity index (χ0) is 18.7. The summed E-state index contributed by atoms with van der Waals surface area (Å²) in [6, 6.07) is 8.82. The molecule has 2 atom stereocenters. The van der Waals surface area contributed by atoms with Crippen LogP contribution in [0.15, 0.2) is 35.7 Å². The number of hydrogen-bond acceptors (Lipinski definition) is 5. The van der Waals surface area contributed by atoms with Gasteiger partial charge in [0.2, 0.25) is 0 Å². The average molecular weight is 373 g/mol. The van der Waals surface area contributed by atoms with Crippen LogP contribution >= 0.6 is 11.3 Å². The third-order valence-corrected chi connectivity index (χ3v) is 6.09. The third kappa shape index (κ3) is 3.94. The summed E-state index contributed by atoms with van der Waals surface area (Å²) >= 11 is 1.82. The van der Waals surface area contributed by atoms with Gasteiger partial charge < -0.3 is 5.32 Å². The maximum atomic E-state index is 12.1. The number of nitro benzene ring substituents is 1. The lowest BCUT2D eigenvalue weighted by Gasteiger charge is -2.38. The van der Waals surface area contributed by atoms with Gasteiger partial charge in [-0.3, -0.25) is 19.8 Å². The Morgan fingerprint density at radius 3 is 2.73 bits per heavy atom. The highest BCUT2D eigenvalue weighted by Gasteiger charge is 2.29. The van der Waals surface area contributed by atoms with Crippen LogP contribution in [0.3, 0.4) is 0 Å². The van der Waals surface area contributed by atoms with E-state index < -0.39 is 4.92 Å². The monoisotopic (exact) mass is 373 g/mol.